The lowest BCUT2D eigenvalue weighted by atomic mass is 9.95. The summed E-state index contributed by atoms with van der Waals surface area (Å²) in [5.41, 5.74) is 0. The molecule has 0 amide bonds. The highest BCUT2D eigenvalue weighted by atomic mass is 16.4. The standard InChI is InChI=1S/C14H26N2O2/c1-11-6-13(9-16(8-11)10-14(17)18)15-7-12-4-2-3-5-12/h11-13,15H,2-10H2,1H3,(H,17,18). The molecular weight excluding hydrogens is 228 g/mol. The fourth-order valence-electron chi connectivity index (χ4n) is 3.48. The van der Waals surface area contributed by atoms with Gasteiger partial charge in [0.15, 0.2) is 0 Å². The van der Waals surface area contributed by atoms with Gasteiger partial charge in [-0.25, -0.2) is 0 Å². The van der Waals surface area contributed by atoms with Crippen molar-refractivity contribution in [1.29, 1.82) is 0 Å². The highest BCUT2D eigenvalue weighted by molar-refractivity contribution is 5.69. The summed E-state index contributed by atoms with van der Waals surface area (Å²) in [7, 11) is 0. The Morgan fingerprint density at radius 1 is 1.33 bits per heavy atom. The fourth-order valence-corrected chi connectivity index (χ4v) is 3.48. The van der Waals surface area contributed by atoms with Gasteiger partial charge in [0.2, 0.25) is 0 Å². The van der Waals surface area contributed by atoms with Gasteiger partial charge in [0.05, 0.1) is 6.54 Å². The molecular formula is C14H26N2O2. The van der Waals surface area contributed by atoms with E-state index < -0.39 is 5.97 Å². The summed E-state index contributed by atoms with van der Waals surface area (Å²) in [5, 5.41) is 12.5. The van der Waals surface area contributed by atoms with Crippen molar-refractivity contribution >= 4 is 5.97 Å². The number of nitrogens with zero attached hydrogens (tertiary/aromatic N) is 1. The SMILES string of the molecule is CC1CC(NCC2CCCC2)CN(CC(=O)O)C1. The number of piperidine rings is 1. The Hall–Kier alpha value is -0.610. The number of nitrogens with one attached hydrogen (secondary N) is 1. The van der Waals surface area contributed by atoms with Gasteiger partial charge in [0.25, 0.3) is 0 Å². The first-order valence-corrected chi connectivity index (χ1v) is 7.31. The zero-order valence-corrected chi connectivity index (χ0v) is 11.4. The molecule has 4 nitrogen and oxygen atoms in total. The van der Waals surface area contributed by atoms with Gasteiger partial charge in [-0.05, 0) is 37.6 Å². The Labute approximate surface area is 110 Å². The largest absolute Gasteiger partial charge is 0.480 e. The second-order valence-corrected chi connectivity index (χ2v) is 6.18. The molecule has 2 aliphatic rings. The molecule has 1 aliphatic carbocycles. The van der Waals surface area contributed by atoms with E-state index in [1.54, 1.807) is 0 Å². The van der Waals surface area contributed by atoms with Gasteiger partial charge >= 0.3 is 5.97 Å². The first-order valence-electron chi connectivity index (χ1n) is 7.31. The minimum atomic E-state index is -0.710. The van der Waals surface area contributed by atoms with Gasteiger partial charge in [0.1, 0.15) is 0 Å². The molecule has 104 valence electrons. The molecule has 1 heterocycles. The molecule has 2 unspecified atom stereocenters. The molecule has 18 heavy (non-hydrogen) atoms. The lowest BCUT2D eigenvalue weighted by Gasteiger charge is -2.36. The van der Waals surface area contributed by atoms with E-state index in [-0.39, 0.29) is 6.54 Å². The van der Waals surface area contributed by atoms with Gasteiger partial charge in [-0.3, -0.25) is 9.69 Å². The lowest BCUT2D eigenvalue weighted by Crippen LogP contribution is -2.50. The summed E-state index contributed by atoms with van der Waals surface area (Å²) in [6, 6.07) is 0.480. The molecule has 0 spiro atoms. The van der Waals surface area contributed by atoms with Crippen LogP contribution in [0.25, 0.3) is 0 Å². The number of carboxylic acid groups (broad SMARTS) is 1. The summed E-state index contributed by atoms with van der Waals surface area (Å²) in [5.74, 6) is 0.743. The second kappa shape index (κ2) is 6.53. The molecule has 0 bridgehead atoms. The van der Waals surface area contributed by atoms with Crippen LogP contribution in [-0.4, -0.2) is 48.2 Å². The smallest absolute Gasteiger partial charge is 0.317 e. The van der Waals surface area contributed by atoms with E-state index in [1.165, 1.54) is 32.1 Å². The van der Waals surface area contributed by atoms with Gasteiger partial charge in [-0.1, -0.05) is 19.8 Å². The van der Waals surface area contributed by atoms with E-state index in [1.807, 2.05) is 0 Å². The number of carboxylic acids is 1. The van der Waals surface area contributed by atoms with Crippen LogP contribution >= 0.6 is 0 Å². The fraction of sp³-hybridized carbons (Fsp3) is 0.929. The van der Waals surface area contributed by atoms with Crippen LogP contribution in [0.15, 0.2) is 0 Å². The second-order valence-electron chi connectivity index (χ2n) is 6.18. The Kier molecular flexibility index (Phi) is 5.01. The van der Waals surface area contributed by atoms with Gasteiger partial charge in [-0.2, -0.15) is 0 Å². The topological polar surface area (TPSA) is 52.6 Å². The van der Waals surface area contributed by atoms with Crippen LogP contribution in [0.1, 0.15) is 39.0 Å². The molecule has 0 aromatic carbocycles. The van der Waals surface area contributed by atoms with Crippen LogP contribution in [0.2, 0.25) is 0 Å². The first kappa shape index (κ1) is 13.8. The number of rotatable bonds is 5. The molecule has 1 aliphatic heterocycles. The Balaban J connectivity index is 1.74. The average Bonchev–Trinajstić information content (AvgIpc) is 2.77. The third kappa shape index (κ3) is 4.25. The maximum atomic E-state index is 10.8. The van der Waals surface area contributed by atoms with Crippen molar-refractivity contribution in [2.45, 2.75) is 45.1 Å². The van der Waals surface area contributed by atoms with E-state index in [9.17, 15) is 4.79 Å². The third-order valence-corrected chi connectivity index (χ3v) is 4.26. The van der Waals surface area contributed by atoms with Crippen molar-refractivity contribution in [3.8, 4) is 0 Å². The number of aliphatic carboxylic acids is 1. The van der Waals surface area contributed by atoms with Crippen molar-refractivity contribution in [3.63, 3.8) is 0 Å². The van der Waals surface area contributed by atoms with Crippen molar-refractivity contribution in [2.75, 3.05) is 26.2 Å². The van der Waals surface area contributed by atoms with Gasteiger partial charge in [-0.15, -0.1) is 0 Å². The van der Waals surface area contributed by atoms with Gasteiger partial charge < -0.3 is 10.4 Å². The van der Waals surface area contributed by atoms with Crippen LogP contribution in [0.4, 0.5) is 0 Å². The molecule has 0 radical (unpaired) electrons. The van der Waals surface area contributed by atoms with Crippen molar-refractivity contribution in [1.82, 2.24) is 10.2 Å². The quantitative estimate of drug-likeness (QED) is 0.782. The molecule has 2 N–H and O–H groups in total. The minimum absolute atomic E-state index is 0.186. The third-order valence-electron chi connectivity index (χ3n) is 4.26. The Morgan fingerprint density at radius 2 is 2.06 bits per heavy atom. The van der Waals surface area contributed by atoms with E-state index in [0.29, 0.717) is 12.0 Å². The molecule has 0 aromatic rings. The lowest BCUT2D eigenvalue weighted by molar-refractivity contribution is -0.138. The Morgan fingerprint density at radius 3 is 2.72 bits per heavy atom. The van der Waals surface area contributed by atoms with E-state index in [4.69, 9.17) is 5.11 Å². The van der Waals surface area contributed by atoms with Crippen LogP contribution in [-0.2, 0) is 4.79 Å². The monoisotopic (exact) mass is 254 g/mol. The van der Waals surface area contributed by atoms with E-state index in [0.717, 1.165) is 25.6 Å². The molecule has 2 rings (SSSR count). The van der Waals surface area contributed by atoms with Crippen LogP contribution < -0.4 is 5.32 Å². The van der Waals surface area contributed by atoms with Gasteiger partial charge in [0, 0.05) is 19.1 Å². The van der Waals surface area contributed by atoms with Crippen LogP contribution in [0, 0.1) is 11.8 Å². The first-order chi connectivity index (χ1) is 8.63. The maximum absolute atomic E-state index is 10.8. The predicted molar refractivity (Wildman–Crippen MR) is 71.6 cm³/mol. The van der Waals surface area contributed by atoms with Crippen molar-refractivity contribution in [2.24, 2.45) is 11.8 Å². The molecule has 2 fully saturated rings. The van der Waals surface area contributed by atoms with Crippen molar-refractivity contribution < 1.29 is 9.90 Å². The summed E-state index contributed by atoms with van der Waals surface area (Å²) in [6.45, 7) is 5.35. The number of carbonyl (C=O) groups is 1. The molecule has 1 saturated carbocycles. The maximum Gasteiger partial charge on any atom is 0.317 e. The summed E-state index contributed by atoms with van der Waals surface area (Å²) >= 11 is 0. The molecule has 2 atom stereocenters. The average molecular weight is 254 g/mol. The zero-order chi connectivity index (χ0) is 13.0. The normalized spacial score (nSPS) is 30.7. The van der Waals surface area contributed by atoms with Crippen LogP contribution in [0.5, 0.6) is 0 Å². The summed E-state index contributed by atoms with van der Waals surface area (Å²) < 4.78 is 0. The highest BCUT2D eigenvalue weighted by Crippen LogP contribution is 2.24. The molecule has 1 saturated heterocycles. The number of hydrogen-bond donors (Lipinski definition) is 2. The van der Waals surface area contributed by atoms with E-state index >= 15 is 0 Å². The summed E-state index contributed by atoms with van der Waals surface area (Å²) in [4.78, 5) is 12.9. The minimum Gasteiger partial charge on any atom is -0.480 e. The summed E-state index contributed by atoms with van der Waals surface area (Å²) in [6.07, 6.45) is 6.70. The van der Waals surface area contributed by atoms with E-state index in [2.05, 4.69) is 17.1 Å². The van der Waals surface area contributed by atoms with Crippen molar-refractivity contribution in [3.05, 3.63) is 0 Å². The predicted octanol–water partition coefficient (Wildman–Crippen LogP) is 1.56. The number of hydrogen-bond acceptors (Lipinski definition) is 3. The number of likely N-dealkylation sites (tertiary alicyclic amines) is 1. The molecule has 4 heteroatoms. The zero-order valence-electron chi connectivity index (χ0n) is 11.4. The highest BCUT2D eigenvalue weighted by Gasteiger charge is 2.26. The molecule has 0 aromatic heterocycles. The Bertz CT molecular complexity index is 277. The van der Waals surface area contributed by atoms with Crippen LogP contribution in [0.3, 0.4) is 0 Å².